The zero-order valence-electron chi connectivity index (χ0n) is 17.0. The van der Waals surface area contributed by atoms with E-state index in [1.54, 1.807) is 18.3 Å². The Hall–Kier alpha value is -3.22. The number of hydrogen-bond donors (Lipinski definition) is 2. The number of carbonyl (C=O) groups excluding carboxylic acids is 1. The van der Waals surface area contributed by atoms with Crippen molar-refractivity contribution in [1.82, 2.24) is 9.80 Å². The van der Waals surface area contributed by atoms with Crippen LogP contribution < -0.4 is 5.32 Å². The smallest absolute Gasteiger partial charge is 0.269 e. The molecule has 1 amide bonds. The molecule has 0 aliphatic rings. The minimum atomic E-state index is -0.146. The van der Waals surface area contributed by atoms with Gasteiger partial charge in [-0.25, -0.2) is 0 Å². The van der Waals surface area contributed by atoms with Crippen molar-refractivity contribution in [3.05, 3.63) is 101 Å². The van der Waals surface area contributed by atoms with E-state index in [1.807, 2.05) is 67.0 Å². The van der Waals surface area contributed by atoms with Gasteiger partial charge in [0.2, 0.25) is 0 Å². The average Bonchev–Trinajstić information content (AvgIpc) is 3.30. The summed E-state index contributed by atoms with van der Waals surface area (Å²) in [6, 6.07) is 23.6. The van der Waals surface area contributed by atoms with Crippen LogP contribution in [0.2, 0.25) is 0 Å². The number of nitrogens with one attached hydrogen (secondary N) is 2. The van der Waals surface area contributed by atoms with E-state index < -0.39 is 0 Å². The number of rotatable bonds is 9. The second-order valence-corrected chi connectivity index (χ2v) is 7.83. The molecule has 2 N–H and O–H groups in total. The van der Waals surface area contributed by atoms with Crippen LogP contribution in [0.25, 0.3) is 0 Å². The molecule has 0 saturated heterocycles. The van der Waals surface area contributed by atoms with Crippen LogP contribution in [0.5, 0.6) is 0 Å². The fourth-order valence-corrected chi connectivity index (χ4v) is 3.62. The zero-order valence-corrected chi connectivity index (χ0v) is 17.8. The number of anilines is 1. The molecule has 1 heterocycles. The molecule has 30 heavy (non-hydrogen) atoms. The number of para-hydroxylation sites is 1. The van der Waals surface area contributed by atoms with Gasteiger partial charge in [-0.15, -0.1) is 11.3 Å². The Morgan fingerprint density at radius 3 is 2.37 bits per heavy atom. The standard InChI is InChI=1S/C24H26N4OS/c1-27(19-20-9-4-2-5-10-20)16-17-28(24(29)22-13-8-18-30-22)23(25)14-15-26-21-11-6-3-7-12-21/h2-15,18,25-26H,16-17,19H2,1H3/b15-14-,25-23?. The SMILES string of the molecule is CN(CCN(C(=N)/C=C\Nc1ccccc1)C(=O)c1cccs1)Cc1ccccc1. The topological polar surface area (TPSA) is 59.4 Å². The molecule has 3 rings (SSSR count). The lowest BCUT2D eigenvalue weighted by Crippen LogP contribution is -2.40. The first-order valence-corrected chi connectivity index (χ1v) is 10.7. The summed E-state index contributed by atoms with van der Waals surface area (Å²) in [6.07, 6.45) is 3.32. The first-order valence-electron chi connectivity index (χ1n) is 9.78. The van der Waals surface area contributed by atoms with E-state index in [0.29, 0.717) is 18.0 Å². The van der Waals surface area contributed by atoms with Crippen LogP contribution >= 0.6 is 11.3 Å². The minimum Gasteiger partial charge on any atom is -0.362 e. The quantitative estimate of drug-likeness (QED) is 0.383. The lowest BCUT2D eigenvalue weighted by Gasteiger charge is -2.24. The number of carbonyl (C=O) groups is 1. The van der Waals surface area contributed by atoms with Crippen LogP contribution in [0.3, 0.4) is 0 Å². The maximum atomic E-state index is 13.0. The van der Waals surface area contributed by atoms with Gasteiger partial charge in [-0.05, 0) is 42.3 Å². The van der Waals surface area contributed by atoms with Crippen LogP contribution in [0.1, 0.15) is 15.2 Å². The first-order chi connectivity index (χ1) is 14.6. The van der Waals surface area contributed by atoms with Gasteiger partial charge in [0.05, 0.1) is 4.88 Å². The Balaban J connectivity index is 1.63. The molecule has 6 heteroatoms. The first kappa shape index (κ1) is 21.5. The van der Waals surface area contributed by atoms with Crippen molar-refractivity contribution >= 4 is 28.8 Å². The summed E-state index contributed by atoms with van der Waals surface area (Å²) in [5.41, 5.74) is 2.15. The number of nitrogens with zero attached hydrogens (tertiary/aromatic N) is 2. The second-order valence-electron chi connectivity index (χ2n) is 6.89. The molecule has 0 fully saturated rings. The highest BCUT2D eigenvalue weighted by atomic mass is 32.1. The van der Waals surface area contributed by atoms with Gasteiger partial charge in [-0.2, -0.15) is 0 Å². The summed E-state index contributed by atoms with van der Waals surface area (Å²) in [7, 11) is 2.03. The molecule has 0 bridgehead atoms. The molecule has 0 aliphatic heterocycles. The van der Waals surface area contributed by atoms with Crippen molar-refractivity contribution in [3.63, 3.8) is 0 Å². The molecule has 154 valence electrons. The predicted molar refractivity (Wildman–Crippen MR) is 125 cm³/mol. The van der Waals surface area contributed by atoms with E-state index in [1.165, 1.54) is 21.8 Å². The van der Waals surface area contributed by atoms with E-state index in [2.05, 4.69) is 22.3 Å². The number of thiophene rings is 1. The van der Waals surface area contributed by atoms with Gasteiger partial charge >= 0.3 is 0 Å². The third-order valence-electron chi connectivity index (χ3n) is 4.53. The summed E-state index contributed by atoms with van der Waals surface area (Å²) in [5.74, 6) is 0.0115. The molecule has 0 atom stereocenters. The minimum absolute atomic E-state index is 0.146. The molecule has 3 aromatic rings. The molecule has 0 aliphatic carbocycles. The fraction of sp³-hybridized carbons (Fsp3) is 0.167. The molecule has 0 saturated carbocycles. The van der Waals surface area contributed by atoms with Crippen molar-refractivity contribution < 1.29 is 4.79 Å². The Morgan fingerprint density at radius 1 is 1.00 bits per heavy atom. The predicted octanol–water partition coefficient (Wildman–Crippen LogP) is 4.93. The van der Waals surface area contributed by atoms with Gasteiger partial charge in [0.25, 0.3) is 5.91 Å². The molecule has 0 spiro atoms. The number of benzene rings is 2. The van der Waals surface area contributed by atoms with E-state index in [9.17, 15) is 4.79 Å². The molecular weight excluding hydrogens is 392 g/mol. The van der Waals surface area contributed by atoms with Gasteiger partial charge in [0, 0.05) is 31.5 Å². The number of hydrogen-bond acceptors (Lipinski definition) is 5. The Morgan fingerprint density at radius 2 is 1.70 bits per heavy atom. The summed E-state index contributed by atoms with van der Waals surface area (Å²) >= 11 is 1.39. The Bertz CT molecular complexity index is 955. The molecular formula is C24H26N4OS. The van der Waals surface area contributed by atoms with E-state index in [-0.39, 0.29) is 11.7 Å². The van der Waals surface area contributed by atoms with Gasteiger partial charge < -0.3 is 10.2 Å². The van der Waals surface area contributed by atoms with Gasteiger partial charge in [-0.1, -0.05) is 54.6 Å². The monoisotopic (exact) mass is 418 g/mol. The summed E-state index contributed by atoms with van der Waals surface area (Å²) in [4.78, 5) is 17.3. The maximum absolute atomic E-state index is 13.0. The molecule has 5 nitrogen and oxygen atoms in total. The molecule has 1 aromatic heterocycles. The number of amides is 1. The van der Waals surface area contributed by atoms with Crippen LogP contribution in [0.4, 0.5) is 5.69 Å². The highest BCUT2D eigenvalue weighted by Crippen LogP contribution is 2.13. The highest BCUT2D eigenvalue weighted by molar-refractivity contribution is 7.12. The van der Waals surface area contributed by atoms with Gasteiger partial charge in [-0.3, -0.25) is 15.1 Å². The average molecular weight is 419 g/mol. The van der Waals surface area contributed by atoms with Crippen LogP contribution in [-0.2, 0) is 6.54 Å². The van der Waals surface area contributed by atoms with Gasteiger partial charge in [0.1, 0.15) is 5.84 Å². The van der Waals surface area contributed by atoms with Crippen molar-refractivity contribution in [2.75, 3.05) is 25.5 Å². The van der Waals surface area contributed by atoms with E-state index in [4.69, 9.17) is 5.41 Å². The largest absolute Gasteiger partial charge is 0.362 e. The Labute approximate surface area is 181 Å². The Kier molecular flexibility index (Phi) is 7.94. The molecule has 2 aromatic carbocycles. The summed E-state index contributed by atoms with van der Waals surface area (Å²) in [6.45, 7) is 1.89. The third kappa shape index (κ3) is 6.40. The van der Waals surface area contributed by atoms with E-state index in [0.717, 1.165) is 12.2 Å². The van der Waals surface area contributed by atoms with Gasteiger partial charge in [0.15, 0.2) is 0 Å². The second kappa shape index (κ2) is 11.1. The molecule has 0 radical (unpaired) electrons. The fourth-order valence-electron chi connectivity index (χ4n) is 2.95. The lowest BCUT2D eigenvalue weighted by molar-refractivity contribution is 0.0842. The maximum Gasteiger partial charge on any atom is 0.269 e. The number of amidine groups is 1. The summed E-state index contributed by atoms with van der Waals surface area (Å²) in [5, 5.41) is 13.5. The zero-order chi connectivity index (χ0) is 21.2. The van der Waals surface area contributed by atoms with Crippen molar-refractivity contribution in [2.45, 2.75) is 6.54 Å². The lowest BCUT2D eigenvalue weighted by atomic mass is 10.2. The summed E-state index contributed by atoms with van der Waals surface area (Å²) < 4.78 is 0. The molecule has 0 unspecified atom stereocenters. The van der Waals surface area contributed by atoms with Crippen LogP contribution in [0, 0.1) is 5.41 Å². The van der Waals surface area contributed by atoms with Crippen molar-refractivity contribution in [3.8, 4) is 0 Å². The number of likely N-dealkylation sites (N-methyl/N-ethyl adjacent to an activating group) is 1. The van der Waals surface area contributed by atoms with Crippen molar-refractivity contribution in [1.29, 1.82) is 5.41 Å². The highest BCUT2D eigenvalue weighted by Gasteiger charge is 2.20. The van der Waals surface area contributed by atoms with Crippen molar-refractivity contribution in [2.24, 2.45) is 0 Å². The van der Waals surface area contributed by atoms with Crippen LogP contribution in [0.15, 0.2) is 90.5 Å². The third-order valence-corrected chi connectivity index (χ3v) is 5.39. The van der Waals surface area contributed by atoms with Crippen LogP contribution in [-0.4, -0.2) is 41.7 Å². The van der Waals surface area contributed by atoms with E-state index >= 15 is 0 Å². The normalized spacial score (nSPS) is 11.0.